The molecule has 0 fully saturated rings. The van der Waals surface area contributed by atoms with Gasteiger partial charge in [-0.25, -0.2) is 0 Å². The number of nitrogens with one attached hydrogen (secondary N) is 2. The van der Waals surface area contributed by atoms with Crippen LogP contribution in [0.5, 0.6) is 0 Å². The number of amides is 2. The van der Waals surface area contributed by atoms with Crippen LogP contribution < -0.4 is 15.5 Å². The Hall–Kier alpha value is -5.02. The molecule has 67 heavy (non-hydrogen) atoms. The van der Waals surface area contributed by atoms with Crippen LogP contribution in [0.4, 0.5) is 11.4 Å². The molecule has 19 heteroatoms. The lowest BCUT2D eigenvalue weighted by Gasteiger charge is -2.30. The van der Waals surface area contributed by atoms with E-state index in [0.29, 0.717) is 89.2 Å². The highest BCUT2D eigenvalue weighted by Crippen LogP contribution is 2.51. The lowest BCUT2D eigenvalue weighted by molar-refractivity contribution is -0.438. The standard InChI is InChI=1S/C48H66N4O13S2/c1-47(23-14-32-66(57,58)59)38-34-36(45(55)49-25-29-63-3)19-21-40(38)51(27-13-9-12-18-44(53)54)42(47)16-10-7-6-8-11-17-43-48(2,24-15-33-67(60,61)62)39-35-37(46(56)50-26-30-64-4)20-22-41(39)52(43)28-31-65-5/h6-8,10-11,16-17,19-22,34-35H,9,12-15,18,23-33H2,1-5H3,(H4-,49,50,53,54,55,56,57,58,59,60,61,62)/p+1. The maximum Gasteiger partial charge on any atom is 0.303 e. The van der Waals surface area contributed by atoms with Crippen LogP contribution in [-0.4, -0.2) is 138 Å². The maximum atomic E-state index is 13.2. The van der Waals surface area contributed by atoms with E-state index in [1.165, 1.54) is 0 Å². The first-order valence-electron chi connectivity index (χ1n) is 22.4. The van der Waals surface area contributed by atoms with E-state index in [2.05, 4.69) is 20.1 Å². The predicted octanol–water partition coefficient (Wildman–Crippen LogP) is 5.75. The SMILES string of the molecule is COCCNC(=O)c1ccc2c(c1)C(C)(CCCS(=O)(=O)O)C(=CC=CC=CC=CC1=[N+](CCCCCC(=O)O)c3ccc(C(=O)NCCOC)cc3C1(C)CCCS(=O)(=O)O)N2CCOC. The number of carbonyl (C=O) groups is 3. The molecule has 2 aromatic rings. The Labute approximate surface area is 395 Å². The largest absolute Gasteiger partial charge is 0.481 e. The number of fused-ring (bicyclic) bond motifs is 2. The van der Waals surface area contributed by atoms with Crippen LogP contribution >= 0.6 is 0 Å². The molecule has 2 atom stereocenters. The molecule has 2 unspecified atom stereocenters. The predicted molar refractivity (Wildman–Crippen MR) is 258 cm³/mol. The smallest absolute Gasteiger partial charge is 0.303 e. The van der Waals surface area contributed by atoms with Gasteiger partial charge in [0.2, 0.25) is 5.69 Å². The Balaban J connectivity index is 1.72. The summed E-state index contributed by atoms with van der Waals surface area (Å²) in [5, 5.41) is 14.9. The van der Waals surface area contributed by atoms with E-state index in [9.17, 15) is 45.4 Å². The zero-order valence-electron chi connectivity index (χ0n) is 39.2. The molecule has 368 valence electrons. The van der Waals surface area contributed by atoms with E-state index in [1.54, 1.807) is 33.5 Å². The summed E-state index contributed by atoms with van der Waals surface area (Å²) in [7, 11) is -3.79. The van der Waals surface area contributed by atoms with Crippen molar-refractivity contribution in [3.63, 3.8) is 0 Å². The number of nitrogens with zero attached hydrogens (tertiary/aromatic N) is 2. The molecule has 4 rings (SSSR count). The molecular formula is C48H67N4O13S2+. The van der Waals surface area contributed by atoms with E-state index in [1.807, 2.05) is 80.6 Å². The number of carboxylic acids is 1. The number of hydrogen-bond donors (Lipinski definition) is 5. The van der Waals surface area contributed by atoms with Crippen molar-refractivity contribution in [3.8, 4) is 0 Å². The van der Waals surface area contributed by atoms with Gasteiger partial charge in [0.15, 0.2) is 5.71 Å². The number of benzene rings is 2. The van der Waals surface area contributed by atoms with Crippen LogP contribution in [0.2, 0.25) is 0 Å². The number of aliphatic carboxylic acids is 1. The molecule has 2 aliphatic rings. The lowest BCUT2D eigenvalue weighted by Crippen LogP contribution is -2.32. The van der Waals surface area contributed by atoms with Gasteiger partial charge in [-0.2, -0.15) is 21.4 Å². The number of hydrogen-bond acceptors (Lipinski definition) is 11. The van der Waals surface area contributed by atoms with Crippen LogP contribution in [0.15, 0.2) is 84.6 Å². The highest BCUT2D eigenvalue weighted by atomic mass is 32.2. The third-order valence-electron chi connectivity index (χ3n) is 12.1. The minimum Gasteiger partial charge on any atom is -0.481 e. The molecule has 2 amide bonds. The molecule has 2 aromatic carbocycles. The average molecular weight is 972 g/mol. The molecule has 17 nitrogen and oxygen atoms in total. The first-order valence-corrected chi connectivity index (χ1v) is 25.6. The van der Waals surface area contributed by atoms with E-state index in [-0.39, 0.29) is 31.1 Å². The van der Waals surface area contributed by atoms with Gasteiger partial charge in [0.1, 0.15) is 6.54 Å². The second-order valence-corrected chi connectivity index (χ2v) is 20.1. The van der Waals surface area contributed by atoms with E-state index >= 15 is 0 Å². The van der Waals surface area contributed by atoms with Crippen LogP contribution in [0, 0.1) is 0 Å². The minimum atomic E-state index is -4.25. The fourth-order valence-corrected chi connectivity index (χ4v) is 9.76. The molecule has 0 aliphatic carbocycles. The van der Waals surface area contributed by atoms with E-state index < -0.39 is 48.5 Å². The number of unbranched alkanes of at least 4 members (excludes halogenated alkanes) is 2. The maximum absolute atomic E-state index is 13.2. The molecule has 0 aromatic heterocycles. The Kier molecular flexibility index (Phi) is 20.7. The van der Waals surface area contributed by atoms with Gasteiger partial charge < -0.3 is 34.9 Å². The van der Waals surface area contributed by atoms with Gasteiger partial charge in [-0.1, -0.05) is 30.4 Å². The molecule has 0 radical (unpaired) electrons. The van der Waals surface area contributed by atoms with E-state index in [0.717, 1.165) is 33.9 Å². The van der Waals surface area contributed by atoms with Crippen molar-refractivity contribution in [2.45, 2.75) is 76.0 Å². The molecule has 5 N–H and O–H groups in total. The van der Waals surface area contributed by atoms with Crippen LogP contribution in [-0.2, 0) is 50.1 Å². The summed E-state index contributed by atoms with van der Waals surface area (Å²) >= 11 is 0. The Morgan fingerprint density at radius 1 is 0.701 bits per heavy atom. The summed E-state index contributed by atoms with van der Waals surface area (Å²) in [6.45, 7) is 6.67. The summed E-state index contributed by atoms with van der Waals surface area (Å²) < 4.78 is 84.4. The second kappa shape index (κ2) is 25.4. The van der Waals surface area contributed by atoms with Crippen molar-refractivity contribution >= 4 is 55.1 Å². The fraction of sp³-hybridized carbons (Fsp3) is 0.500. The third-order valence-corrected chi connectivity index (χ3v) is 13.7. The zero-order valence-corrected chi connectivity index (χ0v) is 40.8. The summed E-state index contributed by atoms with van der Waals surface area (Å²) in [6, 6.07) is 10.9. The summed E-state index contributed by atoms with van der Waals surface area (Å²) in [5.41, 5.74) is 4.32. The number of ether oxygens (including phenoxy) is 3. The first kappa shape index (κ1) is 54.6. The van der Waals surface area contributed by atoms with Crippen molar-refractivity contribution in [1.29, 1.82) is 0 Å². The summed E-state index contributed by atoms with van der Waals surface area (Å²) in [6.07, 6.45) is 16.0. The van der Waals surface area contributed by atoms with Gasteiger partial charge in [-0.15, -0.1) is 0 Å². The highest BCUT2D eigenvalue weighted by molar-refractivity contribution is 7.86. The molecule has 0 spiro atoms. The Morgan fingerprint density at radius 2 is 1.25 bits per heavy atom. The van der Waals surface area contributed by atoms with Gasteiger partial charge in [0.25, 0.3) is 32.1 Å². The van der Waals surface area contributed by atoms with Crippen molar-refractivity contribution in [1.82, 2.24) is 10.6 Å². The van der Waals surface area contributed by atoms with Gasteiger partial charge in [0.05, 0.1) is 36.7 Å². The van der Waals surface area contributed by atoms with Gasteiger partial charge >= 0.3 is 5.97 Å². The monoisotopic (exact) mass is 971 g/mol. The molecule has 0 bridgehead atoms. The third kappa shape index (κ3) is 15.5. The normalized spacial score (nSPS) is 19.0. The quantitative estimate of drug-likeness (QED) is 0.0283. The van der Waals surface area contributed by atoms with Gasteiger partial charge in [-0.05, 0) is 94.3 Å². The Morgan fingerprint density at radius 3 is 1.84 bits per heavy atom. The molecule has 2 heterocycles. The number of methoxy groups -OCH3 is 3. The fourth-order valence-electron chi connectivity index (χ4n) is 8.74. The Bertz CT molecular complexity index is 2450. The number of carbonyl (C=O) groups excluding carboxylic acids is 2. The molecule has 0 saturated carbocycles. The van der Waals surface area contributed by atoms with Crippen molar-refractivity contribution in [3.05, 3.63) is 107 Å². The number of anilines is 1. The number of allylic oxidation sites excluding steroid dienone is 8. The molecular weight excluding hydrogens is 905 g/mol. The first-order chi connectivity index (χ1) is 31.8. The average Bonchev–Trinajstić information content (AvgIpc) is 3.63. The van der Waals surface area contributed by atoms with Crippen molar-refractivity contribution in [2.75, 3.05) is 83.7 Å². The molecule has 2 aliphatic heterocycles. The van der Waals surface area contributed by atoms with Crippen molar-refractivity contribution in [2.24, 2.45) is 0 Å². The summed E-state index contributed by atoms with van der Waals surface area (Å²) in [4.78, 5) is 39.6. The van der Waals surface area contributed by atoms with Gasteiger partial charge in [-0.3, -0.25) is 23.5 Å². The number of carboxylic acid groups (broad SMARTS) is 1. The minimum absolute atomic E-state index is 0.0533. The topological polar surface area (TPSA) is 238 Å². The van der Waals surface area contributed by atoms with Crippen LogP contribution in [0.3, 0.4) is 0 Å². The van der Waals surface area contributed by atoms with E-state index in [4.69, 9.17) is 14.2 Å². The van der Waals surface area contributed by atoms with Gasteiger partial charge in [0, 0.05) is 99.4 Å². The number of rotatable bonds is 29. The highest BCUT2D eigenvalue weighted by Gasteiger charge is 2.48. The lowest BCUT2D eigenvalue weighted by atomic mass is 9.75. The molecule has 0 saturated heterocycles. The summed E-state index contributed by atoms with van der Waals surface area (Å²) in [5.74, 6) is -2.30. The van der Waals surface area contributed by atoms with Crippen molar-refractivity contribution < 1.29 is 64.2 Å². The van der Waals surface area contributed by atoms with Crippen LogP contribution in [0.1, 0.15) is 97.1 Å². The van der Waals surface area contributed by atoms with Crippen LogP contribution in [0.25, 0.3) is 0 Å². The second-order valence-electron chi connectivity index (χ2n) is 17.0. The zero-order chi connectivity index (χ0) is 49.3.